The number of thiazole rings is 1. The van der Waals surface area contributed by atoms with Crippen LogP contribution < -0.4 is 22.6 Å². The van der Waals surface area contributed by atoms with E-state index in [0.717, 1.165) is 35.5 Å². The lowest BCUT2D eigenvalue weighted by molar-refractivity contribution is 0.102. The molecular weight excluding hydrogens is 486 g/mol. The Balaban J connectivity index is 1.55. The van der Waals surface area contributed by atoms with Crippen LogP contribution in [0.2, 0.25) is 0 Å². The molecule has 1 saturated carbocycles. The van der Waals surface area contributed by atoms with Gasteiger partial charge in [-0.15, -0.1) is 0 Å². The Hall–Kier alpha value is -3.77. The normalized spacial score (nSPS) is 22.3. The fourth-order valence-electron chi connectivity index (χ4n) is 4.61. The number of anilines is 2. The molecule has 1 aromatic carbocycles. The lowest BCUT2D eigenvalue weighted by Crippen LogP contribution is -2.44. The second-order valence-electron chi connectivity index (χ2n) is 8.64. The molecule has 4 atom stereocenters. The van der Waals surface area contributed by atoms with Crippen LogP contribution in [0.3, 0.4) is 0 Å². The molecule has 2 aromatic heterocycles. The van der Waals surface area contributed by atoms with Crippen molar-refractivity contribution in [2.24, 2.45) is 27.6 Å². The van der Waals surface area contributed by atoms with Gasteiger partial charge in [-0.3, -0.25) is 14.8 Å². The second kappa shape index (κ2) is 10.9. The average Bonchev–Trinajstić information content (AvgIpc) is 3.22. The Kier molecular flexibility index (Phi) is 7.65. The molecule has 1 aliphatic carbocycles. The fourth-order valence-corrected chi connectivity index (χ4v) is 5.49. The Morgan fingerprint density at radius 3 is 2.67 bits per heavy atom. The summed E-state index contributed by atoms with van der Waals surface area (Å²) in [6.45, 7) is 2.08. The van der Waals surface area contributed by atoms with E-state index in [-0.39, 0.29) is 45.2 Å². The lowest BCUT2D eigenvalue weighted by Gasteiger charge is -2.37. The van der Waals surface area contributed by atoms with E-state index in [1.54, 1.807) is 18.6 Å². The van der Waals surface area contributed by atoms with Crippen molar-refractivity contribution in [2.45, 2.75) is 37.8 Å². The summed E-state index contributed by atoms with van der Waals surface area (Å²) in [5.74, 6) is 3.18. The van der Waals surface area contributed by atoms with E-state index in [4.69, 9.17) is 17.3 Å². The smallest absolute Gasteiger partial charge is 0.277 e. The van der Waals surface area contributed by atoms with Crippen LogP contribution in [0.4, 0.5) is 19.5 Å². The minimum absolute atomic E-state index is 0.0157. The minimum Gasteiger partial charge on any atom is -0.389 e. The molecule has 12 heteroatoms. The molecule has 3 aromatic rings. The number of halogens is 2. The molecule has 2 heterocycles. The molecule has 0 saturated heterocycles. The summed E-state index contributed by atoms with van der Waals surface area (Å²) in [5.41, 5.74) is 13.4. The number of hydrogen-bond acceptors (Lipinski definition) is 9. The summed E-state index contributed by atoms with van der Waals surface area (Å²) < 4.78 is 28.4. The zero-order valence-electron chi connectivity index (χ0n) is 19.4. The number of aliphatic imine (C=N–C) groups is 1. The van der Waals surface area contributed by atoms with Crippen molar-refractivity contribution < 1.29 is 13.6 Å². The Bertz CT molecular complexity index is 1280. The summed E-state index contributed by atoms with van der Waals surface area (Å²) in [6.07, 6.45) is 7.61. The fraction of sp³-hybridized carbons (Fsp3) is 0.292. The van der Waals surface area contributed by atoms with Gasteiger partial charge in [0.2, 0.25) is 0 Å². The number of nitrogens with one attached hydrogen (secondary N) is 1. The number of nitrogens with zero attached hydrogens (tertiary/aromatic N) is 4. The third-order valence-corrected chi connectivity index (χ3v) is 7.14. The van der Waals surface area contributed by atoms with E-state index in [1.165, 1.54) is 12.3 Å². The number of aromatic nitrogens is 2. The van der Waals surface area contributed by atoms with Gasteiger partial charge in [-0.05, 0) is 48.4 Å². The molecule has 1 aliphatic rings. The van der Waals surface area contributed by atoms with Crippen molar-refractivity contribution >= 4 is 40.4 Å². The summed E-state index contributed by atoms with van der Waals surface area (Å²) >= 11 is 0.839. The van der Waals surface area contributed by atoms with Crippen LogP contribution in [0, 0.1) is 17.6 Å². The quantitative estimate of drug-likeness (QED) is 0.225. The number of carbonyl (C=O) groups is 1. The van der Waals surface area contributed by atoms with Crippen LogP contribution in [0.25, 0.3) is 10.6 Å². The molecule has 7 N–H and O–H groups in total. The highest BCUT2D eigenvalue weighted by Crippen LogP contribution is 2.40. The molecule has 1 amide bonds. The van der Waals surface area contributed by atoms with Crippen molar-refractivity contribution in [3.05, 3.63) is 59.6 Å². The minimum atomic E-state index is -0.786. The van der Waals surface area contributed by atoms with Gasteiger partial charge in [-0.2, -0.15) is 5.10 Å². The largest absolute Gasteiger partial charge is 0.389 e. The van der Waals surface area contributed by atoms with Gasteiger partial charge in [0.25, 0.3) is 5.91 Å². The number of hydrazone groups is 1. The van der Waals surface area contributed by atoms with Gasteiger partial charge in [-0.1, -0.05) is 24.3 Å². The van der Waals surface area contributed by atoms with E-state index >= 15 is 0 Å². The average molecular weight is 513 g/mol. The monoisotopic (exact) mass is 512 g/mol. The van der Waals surface area contributed by atoms with E-state index in [9.17, 15) is 13.6 Å². The van der Waals surface area contributed by atoms with E-state index in [0.29, 0.717) is 12.1 Å². The van der Waals surface area contributed by atoms with Gasteiger partial charge in [0, 0.05) is 18.5 Å². The van der Waals surface area contributed by atoms with E-state index in [1.807, 2.05) is 6.07 Å². The number of benzene rings is 1. The Morgan fingerprint density at radius 1 is 1.22 bits per heavy atom. The topological polar surface area (TPSA) is 158 Å². The molecule has 36 heavy (non-hydrogen) atoms. The number of hydrogen-bond donors (Lipinski definition) is 4. The third kappa shape index (κ3) is 5.24. The molecule has 4 rings (SSSR count). The van der Waals surface area contributed by atoms with Gasteiger partial charge in [0.1, 0.15) is 21.6 Å². The highest BCUT2D eigenvalue weighted by molar-refractivity contribution is 7.19. The van der Waals surface area contributed by atoms with Crippen LogP contribution in [-0.2, 0) is 0 Å². The van der Waals surface area contributed by atoms with Gasteiger partial charge in [0.15, 0.2) is 5.69 Å². The van der Waals surface area contributed by atoms with Crippen LogP contribution in [0.15, 0.2) is 46.8 Å². The zero-order valence-corrected chi connectivity index (χ0v) is 20.3. The zero-order chi connectivity index (χ0) is 25.8. The summed E-state index contributed by atoms with van der Waals surface area (Å²) in [4.78, 5) is 25.8. The van der Waals surface area contributed by atoms with Crippen LogP contribution >= 0.6 is 11.3 Å². The van der Waals surface area contributed by atoms with Crippen LogP contribution in [0.5, 0.6) is 0 Å². The SMILES string of the molecule is C[C@H]1C[C@@H](c2ccncc2NC(=O)c2nc(-c3c(F)cccc3F)sc2N)C[C@@H](N)[C@H]1N=C/C=N\N. The highest BCUT2D eigenvalue weighted by atomic mass is 32.1. The Labute approximate surface area is 210 Å². The first-order valence-corrected chi connectivity index (χ1v) is 12.1. The maximum Gasteiger partial charge on any atom is 0.277 e. The Morgan fingerprint density at radius 2 is 1.97 bits per heavy atom. The molecule has 0 spiro atoms. The third-order valence-electron chi connectivity index (χ3n) is 6.23. The van der Waals surface area contributed by atoms with Crippen molar-refractivity contribution in [1.82, 2.24) is 9.97 Å². The van der Waals surface area contributed by atoms with Crippen molar-refractivity contribution in [3.8, 4) is 10.6 Å². The first-order valence-electron chi connectivity index (χ1n) is 11.3. The van der Waals surface area contributed by atoms with Gasteiger partial charge < -0.3 is 22.6 Å². The highest BCUT2D eigenvalue weighted by Gasteiger charge is 2.35. The first-order chi connectivity index (χ1) is 17.3. The van der Waals surface area contributed by atoms with Gasteiger partial charge >= 0.3 is 0 Å². The van der Waals surface area contributed by atoms with Gasteiger partial charge in [-0.25, -0.2) is 13.8 Å². The maximum atomic E-state index is 14.2. The molecule has 0 bridgehead atoms. The second-order valence-corrected chi connectivity index (χ2v) is 9.67. The lowest BCUT2D eigenvalue weighted by atomic mass is 9.73. The molecule has 0 radical (unpaired) electrons. The number of nitrogen functional groups attached to an aromatic ring is 1. The molecule has 9 nitrogen and oxygen atoms in total. The molecule has 1 fully saturated rings. The molecule has 0 aliphatic heterocycles. The number of amides is 1. The molecule has 188 valence electrons. The summed E-state index contributed by atoms with van der Waals surface area (Å²) in [6, 6.07) is 5.06. The van der Waals surface area contributed by atoms with E-state index in [2.05, 4.69) is 32.3 Å². The number of carbonyl (C=O) groups excluding carboxylic acids is 1. The predicted octanol–water partition coefficient (Wildman–Crippen LogP) is 3.54. The van der Waals surface area contributed by atoms with Gasteiger partial charge in [0.05, 0.1) is 29.7 Å². The van der Waals surface area contributed by atoms with Crippen LogP contribution in [-0.4, -0.2) is 40.4 Å². The maximum absolute atomic E-state index is 14.2. The number of pyridine rings is 1. The number of rotatable bonds is 6. The standard InChI is InChI=1S/C24H26F2N8OS/c1-12-9-13(10-17(27)20(12)31-7-8-32-29)14-5-6-30-11-18(14)33-23(35)21-22(28)36-24(34-21)19-15(25)3-2-4-16(19)26/h2-8,11-13,17,20H,9-10,27-29H2,1H3,(H,33,35)/b31-7?,32-8-/t12-,13+,17+,20-/m0/s1. The molecular formula is C24H26F2N8OS. The van der Waals surface area contributed by atoms with Crippen molar-refractivity contribution in [1.29, 1.82) is 0 Å². The van der Waals surface area contributed by atoms with Crippen molar-refractivity contribution in [3.63, 3.8) is 0 Å². The summed E-state index contributed by atoms with van der Waals surface area (Å²) in [7, 11) is 0. The van der Waals surface area contributed by atoms with Crippen LogP contribution in [0.1, 0.15) is 41.7 Å². The number of nitrogens with two attached hydrogens (primary N) is 3. The van der Waals surface area contributed by atoms with Crippen molar-refractivity contribution in [2.75, 3.05) is 11.1 Å². The predicted molar refractivity (Wildman–Crippen MR) is 138 cm³/mol. The molecule has 0 unspecified atom stereocenters. The van der Waals surface area contributed by atoms with E-state index < -0.39 is 17.5 Å². The summed E-state index contributed by atoms with van der Waals surface area (Å²) in [5, 5.41) is 6.26. The first kappa shape index (κ1) is 25.3.